The van der Waals surface area contributed by atoms with E-state index in [4.69, 9.17) is 4.74 Å². The third kappa shape index (κ3) is 4.23. The van der Waals surface area contributed by atoms with E-state index < -0.39 is 0 Å². The zero-order valence-electron chi connectivity index (χ0n) is 15.4. The topological polar surface area (TPSA) is 58.6 Å². The molecule has 0 aliphatic carbocycles. The number of anilines is 1. The van der Waals surface area contributed by atoms with Gasteiger partial charge in [-0.25, -0.2) is 0 Å². The molecular formula is C21H24N2O3. The summed E-state index contributed by atoms with van der Waals surface area (Å²) in [5, 5.41) is 2.95. The molecule has 1 aliphatic heterocycles. The smallest absolute Gasteiger partial charge is 0.229 e. The average molecular weight is 352 g/mol. The summed E-state index contributed by atoms with van der Waals surface area (Å²) in [7, 11) is 1.62. The molecule has 0 aromatic heterocycles. The van der Waals surface area contributed by atoms with E-state index in [-0.39, 0.29) is 24.2 Å². The van der Waals surface area contributed by atoms with Crippen LogP contribution in [0.25, 0.3) is 0 Å². The molecule has 136 valence electrons. The lowest BCUT2D eigenvalue weighted by Gasteiger charge is -2.17. The molecule has 2 amide bonds. The van der Waals surface area contributed by atoms with E-state index in [1.165, 1.54) is 0 Å². The fourth-order valence-corrected chi connectivity index (χ4v) is 3.34. The largest absolute Gasteiger partial charge is 0.497 e. The molecule has 5 heteroatoms. The second kappa shape index (κ2) is 7.60. The lowest BCUT2D eigenvalue weighted by Crippen LogP contribution is -2.28. The van der Waals surface area contributed by atoms with Crippen molar-refractivity contribution in [2.75, 3.05) is 19.0 Å². The molecule has 1 saturated heterocycles. The predicted molar refractivity (Wildman–Crippen MR) is 101 cm³/mol. The lowest BCUT2D eigenvalue weighted by atomic mass is 10.1. The van der Waals surface area contributed by atoms with Gasteiger partial charge >= 0.3 is 0 Å². The maximum Gasteiger partial charge on any atom is 0.229 e. The Labute approximate surface area is 154 Å². The Morgan fingerprint density at radius 1 is 1.15 bits per heavy atom. The van der Waals surface area contributed by atoms with E-state index in [9.17, 15) is 9.59 Å². The van der Waals surface area contributed by atoms with Crippen LogP contribution in [0.2, 0.25) is 0 Å². The molecule has 1 N–H and O–H groups in total. The Morgan fingerprint density at radius 2 is 1.81 bits per heavy atom. The van der Waals surface area contributed by atoms with Gasteiger partial charge in [-0.3, -0.25) is 9.59 Å². The molecular weight excluding hydrogens is 328 g/mol. The van der Waals surface area contributed by atoms with E-state index in [1.807, 2.05) is 50.2 Å². The first-order valence-electron chi connectivity index (χ1n) is 8.74. The number of nitrogens with one attached hydrogen (secondary N) is 1. The summed E-state index contributed by atoms with van der Waals surface area (Å²) in [5.41, 5.74) is 4.01. The Hall–Kier alpha value is -2.82. The van der Waals surface area contributed by atoms with Crippen LogP contribution < -0.4 is 10.1 Å². The fraction of sp³-hybridized carbons (Fsp3) is 0.333. The van der Waals surface area contributed by atoms with Gasteiger partial charge in [-0.05, 0) is 54.8 Å². The van der Waals surface area contributed by atoms with Crippen molar-refractivity contribution < 1.29 is 14.3 Å². The molecule has 0 bridgehead atoms. The molecule has 1 aliphatic rings. The van der Waals surface area contributed by atoms with Crippen LogP contribution in [0.5, 0.6) is 5.75 Å². The van der Waals surface area contributed by atoms with E-state index in [1.54, 1.807) is 12.0 Å². The van der Waals surface area contributed by atoms with Gasteiger partial charge in [0.2, 0.25) is 11.8 Å². The molecule has 1 atom stereocenters. The molecule has 1 heterocycles. The zero-order valence-corrected chi connectivity index (χ0v) is 15.4. The van der Waals surface area contributed by atoms with E-state index >= 15 is 0 Å². The first kappa shape index (κ1) is 18.0. The Morgan fingerprint density at radius 3 is 2.42 bits per heavy atom. The molecule has 1 fully saturated rings. The van der Waals surface area contributed by atoms with Crippen molar-refractivity contribution in [3.05, 3.63) is 59.2 Å². The first-order valence-corrected chi connectivity index (χ1v) is 8.74. The number of hydrogen-bond donors (Lipinski definition) is 1. The summed E-state index contributed by atoms with van der Waals surface area (Å²) in [6.45, 7) is 4.95. The van der Waals surface area contributed by atoms with Gasteiger partial charge in [0.15, 0.2) is 0 Å². The maximum atomic E-state index is 12.6. The van der Waals surface area contributed by atoms with Crippen molar-refractivity contribution in [2.45, 2.75) is 26.8 Å². The number of benzene rings is 2. The minimum Gasteiger partial charge on any atom is -0.497 e. The number of aryl methyl sites for hydroxylation is 2. The Bertz CT molecular complexity index is 794. The monoisotopic (exact) mass is 352 g/mol. The summed E-state index contributed by atoms with van der Waals surface area (Å²) >= 11 is 0. The summed E-state index contributed by atoms with van der Waals surface area (Å²) < 4.78 is 5.15. The fourth-order valence-electron chi connectivity index (χ4n) is 3.34. The van der Waals surface area contributed by atoms with Gasteiger partial charge < -0.3 is 15.0 Å². The number of rotatable bonds is 5. The van der Waals surface area contributed by atoms with Gasteiger partial charge in [0.1, 0.15) is 5.75 Å². The number of amides is 2. The first-order chi connectivity index (χ1) is 12.4. The Kier molecular flexibility index (Phi) is 5.26. The number of nitrogens with zero attached hydrogens (tertiary/aromatic N) is 1. The van der Waals surface area contributed by atoms with Gasteiger partial charge in [0.05, 0.1) is 13.0 Å². The van der Waals surface area contributed by atoms with E-state index in [0.717, 1.165) is 28.1 Å². The molecule has 2 aromatic rings. The number of ether oxygens (including phenoxy) is 1. The van der Waals surface area contributed by atoms with Crippen molar-refractivity contribution in [1.29, 1.82) is 0 Å². The predicted octanol–water partition coefficient (Wildman–Crippen LogP) is 3.30. The van der Waals surface area contributed by atoms with Crippen LogP contribution in [0.3, 0.4) is 0 Å². The van der Waals surface area contributed by atoms with Gasteiger partial charge in [0.25, 0.3) is 0 Å². The highest BCUT2D eigenvalue weighted by atomic mass is 16.5. The standard InChI is InChI=1S/C21H24N2O3/c1-14-8-15(2)10-18(9-14)22-21(25)17-11-20(24)23(13-17)12-16-4-6-19(26-3)7-5-16/h4-10,17H,11-13H2,1-3H3,(H,22,25). The molecule has 26 heavy (non-hydrogen) atoms. The van der Waals surface area contributed by atoms with Gasteiger partial charge in [-0.1, -0.05) is 18.2 Å². The molecule has 0 saturated carbocycles. The van der Waals surface area contributed by atoms with E-state index in [0.29, 0.717) is 13.1 Å². The number of carbonyl (C=O) groups is 2. The third-order valence-corrected chi connectivity index (χ3v) is 4.61. The second-order valence-corrected chi connectivity index (χ2v) is 6.89. The third-order valence-electron chi connectivity index (χ3n) is 4.61. The average Bonchev–Trinajstić information content (AvgIpc) is 2.95. The normalized spacial score (nSPS) is 16.7. The number of hydrogen-bond acceptors (Lipinski definition) is 3. The summed E-state index contributed by atoms with van der Waals surface area (Å²) in [6.07, 6.45) is 0.257. The zero-order chi connectivity index (χ0) is 18.7. The van der Waals surface area contributed by atoms with E-state index in [2.05, 4.69) is 11.4 Å². The summed E-state index contributed by atoms with van der Waals surface area (Å²) in [4.78, 5) is 26.6. The van der Waals surface area contributed by atoms with Crippen LogP contribution in [0, 0.1) is 19.8 Å². The highest BCUT2D eigenvalue weighted by Crippen LogP contribution is 2.23. The second-order valence-electron chi connectivity index (χ2n) is 6.89. The number of carbonyl (C=O) groups excluding carboxylic acids is 2. The summed E-state index contributed by atoms with van der Waals surface area (Å²) in [6, 6.07) is 13.6. The quantitative estimate of drug-likeness (QED) is 0.898. The van der Waals surface area contributed by atoms with Crippen LogP contribution in [0.1, 0.15) is 23.1 Å². The van der Waals surface area contributed by atoms with Crippen molar-refractivity contribution in [1.82, 2.24) is 4.90 Å². The SMILES string of the molecule is COc1ccc(CN2CC(C(=O)Nc3cc(C)cc(C)c3)CC2=O)cc1. The molecule has 0 spiro atoms. The van der Waals surface area contributed by atoms with Gasteiger partial charge in [0, 0.05) is 25.2 Å². The lowest BCUT2D eigenvalue weighted by molar-refractivity contribution is -0.128. The van der Waals surface area contributed by atoms with Crippen molar-refractivity contribution in [3.63, 3.8) is 0 Å². The minimum absolute atomic E-state index is 0.0152. The van der Waals surface area contributed by atoms with Gasteiger partial charge in [-0.15, -0.1) is 0 Å². The van der Waals surface area contributed by atoms with Crippen molar-refractivity contribution in [2.24, 2.45) is 5.92 Å². The number of likely N-dealkylation sites (tertiary alicyclic amines) is 1. The molecule has 0 radical (unpaired) electrons. The van der Waals surface area contributed by atoms with Gasteiger partial charge in [-0.2, -0.15) is 0 Å². The molecule has 2 aromatic carbocycles. The molecule has 3 rings (SSSR count). The molecule has 5 nitrogen and oxygen atoms in total. The molecule has 1 unspecified atom stereocenters. The minimum atomic E-state index is -0.318. The van der Waals surface area contributed by atoms with Crippen molar-refractivity contribution in [3.8, 4) is 5.75 Å². The highest BCUT2D eigenvalue weighted by Gasteiger charge is 2.34. The maximum absolute atomic E-state index is 12.6. The number of methoxy groups -OCH3 is 1. The Balaban J connectivity index is 1.61. The van der Waals surface area contributed by atoms with Crippen LogP contribution in [-0.4, -0.2) is 30.4 Å². The van der Waals surface area contributed by atoms with Crippen LogP contribution in [0.4, 0.5) is 5.69 Å². The van der Waals surface area contributed by atoms with Crippen LogP contribution >= 0.6 is 0 Å². The highest BCUT2D eigenvalue weighted by molar-refractivity contribution is 5.97. The van der Waals surface area contributed by atoms with Crippen molar-refractivity contribution >= 4 is 17.5 Å². The summed E-state index contributed by atoms with van der Waals surface area (Å²) in [5.74, 6) is 0.385. The van der Waals surface area contributed by atoms with Crippen LogP contribution in [0.15, 0.2) is 42.5 Å². The van der Waals surface area contributed by atoms with Crippen LogP contribution in [-0.2, 0) is 16.1 Å².